The number of aromatic nitrogens is 8. The molecular formula is C44H48N14O2S2. The number of amides is 2. The quantitative estimate of drug-likeness (QED) is 0.133. The van der Waals surface area contributed by atoms with Gasteiger partial charge in [-0.3, -0.25) is 14.5 Å². The maximum atomic E-state index is 13.4. The molecule has 0 bridgehead atoms. The van der Waals surface area contributed by atoms with Gasteiger partial charge in [-0.25, -0.2) is 19.9 Å². The van der Waals surface area contributed by atoms with Gasteiger partial charge < -0.3 is 25.3 Å². The molecule has 0 radical (unpaired) electrons. The molecular weight excluding hydrogens is 821 g/mol. The maximum absolute atomic E-state index is 13.4. The van der Waals surface area contributed by atoms with Gasteiger partial charge in [-0.2, -0.15) is 19.9 Å². The lowest BCUT2D eigenvalue weighted by atomic mass is 10.1. The van der Waals surface area contributed by atoms with Crippen molar-refractivity contribution in [3.8, 4) is 0 Å². The number of carbonyl (C=O) groups excluding carboxylic acids is 2. The van der Waals surface area contributed by atoms with E-state index in [1.807, 2.05) is 56.3 Å². The number of likely N-dealkylation sites (N-methyl/N-ethyl adjacent to an activating group) is 1. The minimum atomic E-state index is -0.250. The number of hydrogen-bond acceptors (Lipinski definition) is 16. The standard InChI is InChI=1S/C44H48N14O2S2/c1-4-35-49-41(57-24-20-55(3)21-25-57)53-43(51-35)61-37-28-31(17-19-45-37)38(59)47-33-15-13-30(14-16-33)29-56-22-26-58(27-23-56)42-50-36(5-2)52-44(54-42)62-40-34(12-9-18-46-40)39(60)48-32-10-7-6-8-11-32/h6-19,28H,4-5,20-27,29H2,1-3H3,(H,47,59)(H,48,60). The highest BCUT2D eigenvalue weighted by Gasteiger charge is 2.23. The second-order valence-electron chi connectivity index (χ2n) is 14.8. The number of nitrogens with zero attached hydrogens (tertiary/aromatic N) is 12. The highest BCUT2D eigenvalue weighted by molar-refractivity contribution is 7.99. The Morgan fingerprint density at radius 3 is 1.89 bits per heavy atom. The van der Waals surface area contributed by atoms with Gasteiger partial charge in [-0.15, -0.1) is 0 Å². The predicted molar refractivity (Wildman–Crippen MR) is 241 cm³/mol. The normalized spacial score (nSPS) is 14.8. The Labute approximate surface area is 369 Å². The van der Waals surface area contributed by atoms with E-state index < -0.39 is 0 Å². The Morgan fingerprint density at radius 1 is 0.613 bits per heavy atom. The summed E-state index contributed by atoms with van der Waals surface area (Å²) in [5.41, 5.74) is 3.51. The molecule has 2 fully saturated rings. The number of anilines is 4. The van der Waals surface area contributed by atoms with Crippen LogP contribution < -0.4 is 20.4 Å². The van der Waals surface area contributed by atoms with E-state index in [9.17, 15) is 9.59 Å². The second kappa shape index (κ2) is 20.2. The number of rotatable bonds is 14. The molecule has 6 aromatic rings. The van der Waals surface area contributed by atoms with E-state index in [0.717, 1.165) is 70.3 Å². The lowest BCUT2D eigenvalue weighted by Crippen LogP contribution is -2.46. The van der Waals surface area contributed by atoms with Crippen LogP contribution in [0.5, 0.6) is 0 Å². The molecule has 62 heavy (non-hydrogen) atoms. The van der Waals surface area contributed by atoms with Crippen molar-refractivity contribution in [3.63, 3.8) is 0 Å². The summed E-state index contributed by atoms with van der Waals surface area (Å²) in [6.45, 7) is 11.6. The Morgan fingerprint density at radius 2 is 1.23 bits per heavy atom. The van der Waals surface area contributed by atoms with Crippen molar-refractivity contribution in [2.24, 2.45) is 0 Å². The minimum Gasteiger partial charge on any atom is -0.338 e. The summed E-state index contributed by atoms with van der Waals surface area (Å²) in [5, 5.41) is 8.20. The van der Waals surface area contributed by atoms with E-state index in [1.54, 1.807) is 36.7 Å². The zero-order chi connectivity index (χ0) is 42.8. The molecule has 2 N–H and O–H groups in total. The van der Waals surface area contributed by atoms with E-state index in [4.69, 9.17) is 15.0 Å². The van der Waals surface area contributed by atoms with Gasteiger partial charge in [0.25, 0.3) is 11.8 Å². The van der Waals surface area contributed by atoms with Crippen molar-refractivity contribution in [3.05, 3.63) is 120 Å². The number of nitrogens with one attached hydrogen (secondary N) is 2. The average Bonchev–Trinajstić information content (AvgIpc) is 3.30. The van der Waals surface area contributed by atoms with Gasteiger partial charge in [0.05, 0.1) is 5.56 Å². The van der Waals surface area contributed by atoms with E-state index in [-0.39, 0.29) is 11.8 Å². The molecule has 318 valence electrons. The van der Waals surface area contributed by atoms with E-state index in [1.165, 1.54) is 23.5 Å². The van der Waals surface area contributed by atoms with Crippen molar-refractivity contribution in [2.45, 2.75) is 53.6 Å². The van der Waals surface area contributed by atoms with Gasteiger partial charge in [0.2, 0.25) is 11.9 Å². The third-order valence-electron chi connectivity index (χ3n) is 10.4. The van der Waals surface area contributed by atoms with Gasteiger partial charge in [0.15, 0.2) is 10.3 Å². The van der Waals surface area contributed by atoms with Gasteiger partial charge >= 0.3 is 0 Å². The molecule has 6 heterocycles. The van der Waals surface area contributed by atoms with Crippen LogP contribution in [0.15, 0.2) is 112 Å². The van der Waals surface area contributed by atoms with Crippen LogP contribution in [0, 0.1) is 0 Å². The maximum Gasteiger partial charge on any atom is 0.258 e. The summed E-state index contributed by atoms with van der Waals surface area (Å²) in [7, 11) is 2.12. The zero-order valence-corrected chi connectivity index (χ0v) is 36.6. The summed E-state index contributed by atoms with van der Waals surface area (Å²) in [6, 6.07) is 24.3. The fraction of sp³-hybridized carbons (Fsp3) is 0.318. The van der Waals surface area contributed by atoms with Gasteiger partial charge in [0.1, 0.15) is 21.7 Å². The fourth-order valence-corrected chi connectivity index (χ4v) is 8.48. The molecule has 16 nitrogen and oxygen atoms in total. The van der Waals surface area contributed by atoms with Crippen molar-refractivity contribution in [2.75, 3.05) is 79.8 Å². The van der Waals surface area contributed by atoms with Crippen LogP contribution in [0.3, 0.4) is 0 Å². The van der Waals surface area contributed by atoms with Crippen LogP contribution in [-0.2, 0) is 19.4 Å². The molecule has 18 heteroatoms. The van der Waals surface area contributed by atoms with Crippen molar-refractivity contribution in [1.82, 2.24) is 49.7 Å². The summed E-state index contributed by atoms with van der Waals surface area (Å²) in [4.78, 5) is 73.0. The first kappa shape index (κ1) is 42.6. The average molecular weight is 869 g/mol. The third kappa shape index (κ3) is 11.0. The van der Waals surface area contributed by atoms with E-state index in [2.05, 4.69) is 74.3 Å². The van der Waals surface area contributed by atoms with Gasteiger partial charge in [0, 0.05) is 101 Å². The number of pyridine rings is 2. The van der Waals surface area contributed by atoms with E-state index in [0.29, 0.717) is 73.4 Å². The highest BCUT2D eigenvalue weighted by atomic mass is 32.2. The van der Waals surface area contributed by atoms with Crippen LogP contribution in [0.25, 0.3) is 0 Å². The third-order valence-corrected chi connectivity index (χ3v) is 12.1. The Balaban J connectivity index is 0.844. The molecule has 2 saturated heterocycles. The van der Waals surface area contributed by atoms with Gasteiger partial charge in [-0.1, -0.05) is 44.2 Å². The number of piperazine rings is 2. The molecule has 8 rings (SSSR count). The Hall–Kier alpha value is -6.08. The molecule has 0 unspecified atom stereocenters. The Kier molecular flexibility index (Phi) is 13.9. The summed E-state index contributed by atoms with van der Waals surface area (Å²) >= 11 is 2.59. The molecule has 2 aliphatic heterocycles. The van der Waals surface area contributed by atoms with Crippen LogP contribution in [0.2, 0.25) is 0 Å². The first-order valence-electron chi connectivity index (χ1n) is 20.7. The molecule has 2 aliphatic rings. The largest absolute Gasteiger partial charge is 0.338 e. The summed E-state index contributed by atoms with van der Waals surface area (Å²) in [5.74, 6) is 2.25. The number of hydrogen-bond donors (Lipinski definition) is 2. The summed E-state index contributed by atoms with van der Waals surface area (Å²) < 4.78 is 0. The molecule has 0 atom stereocenters. The molecule has 4 aromatic heterocycles. The number of carbonyl (C=O) groups is 2. The summed E-state index contributed by atoms with van der Waals surface area (Å²) in [6.07, 6.45) is 4.64. The van der Waals surface area contributed by atoms with Crippen LogP contribution >= 0.6 is 23.5 Å². The molecule has 0 aliphatic carbocycles. The van der Waals surface area contributed by atoms with Crippen LogP contribution in [-0.4, -0.2) is 121 Å². The lowest BCUT2D eigenvalue weighted by molar-refractivity contribution is 0.101. The lowest BCUT2D eigenvalue weighted by Gasteiger charge is -2.34. The van der Waals surface area contributed by atoms with Crippen LogP contribution in [0.1, 0.15) is 51.8 Å². The number of para-hydroxylation sites is 1. The topological polar surface area (TPSA) is 174 Å². The first-order valence-corrected chi connectivity index (χ1v) is 22.4. The molecule has 2 amide bonds. The monoisotopic (exact) mass is 868 g/mol. The van der Waals surface area contributed by atoms with Crippen molar-refractivity contribution < 1.29 is 9.59 Å². The molecule has 0 saturated carbocycles. The molecule has 0 spiro atoms. The predicted octanol–water partition coefficient (Wildman–Crippen LogP) is 5.85. The SMILES string of the molecule is CCc1nc(Sc2cc(C(=O)Nc3ccc(CN4CCN(c5nc(CC)nc(Sc6ncccc6C(=O)Nc6ccccc6)n5)CC4)cc3)ccn2)nc(N2CCN(C)CC2)n1. The first-order chi connectivity index (χ1) is 30.3. The van der Waals surface area contributed by atoms with Crippen LogP contribution in [0.4, 0.5) is 23.3 Å². The second-order valence-corrected chi connectivity index (χ2v) is 16.8. The van der Waals surface area contributed by atoms with Crippen molar-refractivity contribution >= 4 is 58.6 Å². The van der Waals surface area contributed by atoms with E-state index >= 15 is 0 Å². The number of aryl methyl sites for hydroxylation is 2. The highest BCUT2D eigenvalue weighted by Crippen LogP contribution is 2.29. The smallest absolute Gasteiger partial charge is 0.258 e. The zero-order valence-electron chi connectivity index (χ0n) is 34.9. The Bertz CT molecular complexity index is 2480. The fourth-order valence-electron chi connectivity index (χ4n) is 6.88. The van der Waals surface area contributed by atoms with Crippen molar-refractivity contribution in [1.29, 1.82) is 0 Å². The number of benzene rings is 2. The molecule has 2 aromatic carbocycles. The van der Waals surface area contributed by atoms with Gasteiger partial charge in [-0.05, 0) is 84.7 Å². The minimum absolute atomic E-state index is 0.221.